The van der Waals surface area contributed by atoms with Crippen LogP contribution in [-0.2, 0) is 11.3 Å². The minimum Gasteiger partial charge on any atom is -0.497 e. The number of hydrogen-bond donors (Lipinski definition) is 2. The molecular formula is C21H23N5O4. The van der Waals surface area contributed by atoms with Crippen LogP contribution in [0.1, 0.15) is 30.3 Å². The fraction of sp³-hybridized carbons (Fsp3) is 0.333. The van der Waals surface area contributed by atoms with E-state index in [1.807, 2.05) is 24.3 Å². The Balaban J connectivity index is 1.79. The topological polar surface area (TPSA) is 121 Å². The van der Waals surface area contributed by atoms with E-state index in [9.17, 15) is 14.4 Å². The van der Waals surface area contributed by atoms with Crippen molar-refractivity contribution in [3.63, 3.8) is 0 Å². The predicted molar refractivity (Wildman–Crippen MR) is 110 cm³/mol. The van der Waals surface area contributed by atoms with E-state index in [0.29, 0.717) is 12.5 Å². The summed E-state index contributed by atoms with van der Waals surface area (Å²) in [6.45, 7) is 2.09. The molecule has 1 atom stereocenters. The number of ether oxygens (including phenoxy) is 1. The van der Waals surface area contributed by atoms with Gasteiger partial charge < -0.3 is 20.4 Å². The molecule has 3 aromatic rings. The first-order valence-corrected chi connectivity index (χ1v) is 9.74. The molecule has 0 radical (unpaired) electrons. The lowest BCUT2D eigenvalue weighted by Crippen LogP contribution is -2.42. The van der Waals surface area contributed by atoms with Gasteiger partial charge in [-0.1, -0.05) is 0 Å². The van der Waals surface area contributed by atoms with Gasteiger partial charge in [-0.25, -0.2) is 4.98 Å². The minimum atomic E-state index is -0.844. The first-order chi connectivity index (χ1) is 14.4. The molecule has 0 saturated heterocycles. The Morgan fingerprint density at radius 1 is 1.27 bits per heavy atom. The Hall–Kier alpha value is -3.62. The summed E-state index contributed by atoms with van der Waals surface area (Å²) >= 11 is 0. The van der Waals surface area contributed by atoms with Crippen molar-refractivity contribution in [3.05, 3.63) is 52.7 Å². The monoisotopic (exact) mass is 409 g/mol. The molecule has 156 valence electrons. The molecule has 0 aliphatic heterocycles. The highest BCUT2D eigenvalue weighted by Gasteiger charge is 2.25. The molecule has 2 amide bonds. The second kappa shape index (κ2) is 7.66. The van der Waals surface area contributed by atoms with Gasteiger partial charge in [-0.3, -0.25) is 18.8 Å². The molecule has 0 unspecified atom stereocenters. The summed E-state index contributed by atoms with van der Waals surface area (Å²) in [5.74, 6) is -0.0257. The highest BCUT2D eigenvalue weighted by atomic mass is 16.5. The highest BCUT2D eigenvalue weighted by molar-refractivity contribution is 5.96. The molecule has 4 rings (SSSR count). The number of primary amides is 1. The van der Waals surface area contributed by atoms with Crippen LogP contribution in [0.3, 0.4) is 0 Å². The van der Waals surface area contributed by atoms with Gasteiger partial charge >= 0.3 is 0 Å². The van der Waals surface area contributed by atoms with E-state index in [-0.39, 0.29) is 16.9 Å². The second-order valence-electron chi connectivity index (χ2n) is 7.56. The highest BCUT2D eigenvalue weighted by Crippen LogP contribution is 2.32. The molecule has 30 heavy (non-hydrogen) atoms. The summed E-state index contributed by atoms with van der Waals surface area (Å²) in [5.41, 5.74) is 6.73. The molecule has 1 aromatic carbocycles. The molecule has 2 heterocycles. The minimum absolute atomic E-state index is 0.0463. The van der Waals surface area contributed by atoms with Crippen LogP contribution in [0.25, 0.3) is 16.9 Å². The standard InChI is InChI=1S/C21H23N5O4/c1-12(18(22)27)23-20(28)16-10-25-11-17(14-5-7-15(30-2)8-6-14)26(9-13-3-4-13)21(29)19(25)24-16/h5-8,10-13H,3-4,9H2,1-2H3,(H2,22,27)(H,23,28)/t12-/m0/s1. The SMILES string of the molecule is COc1ccc(-c2cn3cc(C(=O)N[C@@H](C)C(N)=O)nc3c(=O)n2CC2CC2)cc1. The summed E-state index contributed by atoms with van der Waals surface area (Å²) in [6.07, 6.45) is 5.45. The number of aromatic nitrogens is 3. The summed E-state index contributed by atoms with van der Waals surface area (Å²) < 4.78 is 8.49. The maximum atomic E-state index is 13.2. The van der Waals surface area contributed by atoms with Crippen molar-refractivity contribution >= 4 is 17.5 Å². The lowest BCUT2D eigenvalue weighted by Gasteiger charge is -2.14. The molecule has 2 aromatic heterocycles. The molecule has 1 aliphatic rings. The number of imidazole rings is 1. The summed E-state index contributed by atoms with van der Waals surface area (Å²) in [5, 5.41) is 2.48. The number of nitrogens with two attached hydrogens (primary N) is 1. The number of amides is 2. The molecule has 1 aliphatic carbocycles. The molecule has 1 fully saturated rings. The van der Waals surface area contributed by atoms with Crippen molar-refractivity contribution in [2.45, 2.75) is 32.4 Å². The van der Waals surface area contributed by atoms with Crippen molar-refractivity contribution in [3.8, 4) is 17.0 Å². The fourth-order valence-corrected chi connectivity index (χ4v) is 3.26. The Morgan fingerprint density at radius 2 is 1.97 bits per heavy atom. The number of benzene rings is 1. The number of nitrogens with zero attached hydrogens (tertiary/aromatic N) is 3. The van der Waals surface area contributed by atoms with Gasteiger partial charge in [0.15, 0.2) is 0 Å². The van der Waals surface area contributed by atoms with Crippen LogP contribution in [0.5, 0.6) is 5.75 Å². The second-order valence-corrected chi connectivity index (χ2v) is 7.56. The van der Waals surface area contributed by atoms with Gasteiger partial charge in [0.05, 0.1) is 12.8 Å². The smallest absolute Gasteiger partial charge is 0.294 e. The van der Waals surface area contributed by atoms with Gasteiger partial charge in [0.25, 0.3) is 11.5 Å². The van der Waals surface area contributed by atoms with Crippen LogP contribution in [0.15, 0.2) is 41.5 Å². The Bertz CT molecular complexity index is 1170. The van der Waals surface area contributed by atoms with E-state index < -0.39 is 17.9 Å². The number of fused-ring (bicyclic) bond motifs is 1. The van der Waals surface area contributed by atoms with Crippen LogP contribution in [0.4, 0.5) is 0 Å². The average molecular weight is 409 g/mol. The van der Waals surface area contributed by atoms with E-state index in [4.69, 9.17) is 10.5 Å². The summed E-state index contributed by atoms with van der Waals surface area (Å²) in [4.78, 5) is 41.1. The van der Waals surface area contributed by atoms with E-state index in [1.54, 1.807) is 22.3 Å². The van der Waals surface area contributed by atoms with Crippen molar-refractivity contribution in [2.24, 2.45) is 11.7 Å². The molecule has 0 bridgehead atoms. The number of nitrogens with one attached hydrogen (secondary N) is 1. The van der Waals surface area contributed by atoms with Crippen LogP contribution < -0.4 is 21.3 Å². The zero-order chi connectivity index (χ0) is 21.4. The number of carbonyl (C=O) groups excluding carboxylic acids is 2. The van der Waals surface area contributed by atoms with Crippen molar-refractivity contribution in [2.75, 3.05) is 7.11 Å². The number of methoxy groups -OCH3 is 1. The van der Waals surface area contributed by atoms with E-state index in [1.165, 1.54) is 13.1 Å². The zero-order valence-corrected chi connectivity index (χ0v) is 16.8. The Morgan fingerprint density at radius 3 is 2.57 bits per heavy atom. The lowest BCUT2D eigenvalue weighted by atomic mass is 10.1. The number of carbonyl (C=O) groups is 2. The third-order valence-corrected chi connectivity index (χ3v) is 5.25. The maximum Gasteiger partial charge on any atom is 0.294 e. The third kappa shape index (κ3) is 3.78. The van der Waals surface area contributed by atoms with Gasteiger partial charge in [-0.05, 0) is 49.9 Å². The lowest BCUT2D eigenvalue weighted by molar-refractivity contribution is -0.119. The fourth-order valence-electron chi connectivity index (χ4n) is 3.26. The molecular weight excluding hydrogens is 386 g/mol. The Kier molecular flexibility index (Phi) is 5.03. The molecule has 9 heteroatoms. The largest absolute Gasteiger partial charge is 0.497 e. The van der Waals surface area contributed by atoms with Crippen molar-refractivity contribution in [1.29, 1.82) is 0 Å². The molecule has 1 saturated carbocycles. The van der Waals surface area contributed by atoms with Crippen LogP contribution >= 0.6 is 0 Å². The maximum absolute atomic E-state index is 13.2. The first kappa shape index (κ1) is 19.7. The van der Waals surface area contributed by atoms with Gasteiger partial charge in [0.2, 0.25) is 11.6 Å². The van der Waals surface area contributed by atoms with Crippen molar-refractivity contribution < 1.29 is 14.3 Å². The van der Waals surface area contributed by atoms with Crippen LogP contribution in [-0.4, -0.2) is 38.9 Å². The van der Waals surface area contributed by atoms with Gasteiger partial charge in [-0.15, -0.1) is 0 Å². The van der Waals surface area contributed by atoms with E-state index in [0.717, 1.165) is 29.8 Å². The first-order valence-electron chi connectivity index (χ1n) is 9.74. The zero-order valence-electron chi connectivity index (χ0n) is 16.8. The van der Waals surface area contributed by atoms with Gasteiger partial charge in [0, 0.05) is 24.5 Å². The summed E-state index contributed by atoms with van der Waals surface area (Å²) in [6, 6.07) is 6.61. The van der Waals surface area contributed by atoms with E-state index >= 15 is 0 Å². The quantitative estimate of drug-likeness (QED) is 0.607. The normalized spacial score (nSPS) is 14.5. The van der Waals surface area contributed by atoms with E-state index in [2.05, 4.69) is 10.3 Å². The van der Waals surface area contributed by atoms with Crippen molar-refractivity contribution in [1.82, 2.24) is 19.3 Å². The summed E-state index contributed by atoms with van der Waals surface area (Å²) in [7, 11) is 1.60. The van der Waals surface area contributed by atoms with Crippen LogP contribution in [0, 0.1) is 5.92 Å². The molecule has 3 N–H and O–H groups in total. The average Bonchev–Trinajstić information content (AvgIpc) is 3.45. The van der Waals surface area contributed by atoms with Crippen LogP contribution in [0.2, 0.25) is 0 Å². The number of hydrogen-bond acceptors (Lipinski definition) is 5. The third-order valence-electron chi connectivity index (χ3n) is 5.25. The molecule has 9 nitrogen and oxygen atoms in total. The van der Waals surface area contributed by atoms with Gasteiger partial charge in [0.1, 0.15) is 17.5 Å². The molecule has 0 spiro atoms. The number of rotatable bonds is 7. The van der Waals surface area contributed by atoms with Gasteiger partial charge in [-0.2, -0.15) is 0 Å². The predicted octanol–water partition coefficient (Wildman–Crippen LogP) is 1.19. The Labute approximate surface area is 172 Å².